The van der Waals surface area contributed by atoms with Gasteiger partial charge in [0.1, 0.15) is 5.25 Å². The molecule has 0 radical (unpaired) electrons. The van der Waals surface area contributed by atoms with Crippen LogP contribution in [0, 0.1) is 0 Å². The lowest BCUT2D eigenvalue weighted by atomic mass is 10.2. The molecule has 1 aliphatic rings. The van der Waals surface area contributed by atoms with Crippen molar-refractivity contribution in [3.05, 3.63) is 52.0 Å². The molecule has 0 spiro atoms. The van der Waals surface area contributed by atoms with Gasteiger partial charge in [0.2, 0.25) is 11.8 Å². The fourth-order valence-electron chi connectivity index (χ4n) is 3.26. The number of unbranched alkanes of at least 4 members (excludes halogenated alkanes) is 1. The minimum atomic E-state index is -0.646. The Balaban J connectivity index is 1.72. The standard InChI is InChI=1S/C24H25Cl2N3O5S/c1-3-5-10-29-22(32)19(35-24(29)28-16-11-17(25)21(31)18(26)12-16)13-20(30)27-15-8-6-14(7-9-15)23(33)34-4-2/h6-9,11-12,19,31H,3-5,10,13H2,1-2H3,(H,27,30)/t19-/m0/s1. The second-order valence-corrected chi connectivity index (χ2v) is 9.64. The number of carbonyl (C=O) groups excluding carboxylic acids is 3. The molecule has 2 amide bonds. The molecule has 0 saturated carbocycles. The summed E-state index contributed by atoms with van der Waals surface area (Å²) in [7, 11) is 0. The summed E-state index contributed by atoms with van der Waals surface area (Å²) in [6.07, 6.45) is 1.60. The number of carbonyl (C=O) groups is 3. The van der Waals surface area contributed by atoms with E-state index in [9.17, 15) is 19.5 Å². The van der Waals surface area contributed by atoms with Gasteiger partial charge in [-0.2, -0.15) is 0 Å². The molecule has 2 N–H and O–H groups in total. The molecule has 0 aromatic heterocycles. The molecule has 1 saturated heterocycles. The van der Waals surface area contributed by atoms with E-state index >= 15 is 0 Å². The fourth-order valence-corrected chi connectivity index (χ4v) is 4.92. The molecule has 1 heterocycles. The number of aliphatic imine (C=N–C) groups is 1. The fraction of sp³-hybridized carbons (Fsp3) is 0.333. The zero-order chi connectivity index (χ0) is 25.5. The lowest BCUT2D eigenvalue weighted by Gasteiger charge is -2.16. The van der Waals surface area contributed by atoms with E-state index in [1.54, 1.807) is 36.1 Å². The van der Waals surface area contributed by atoms with Crippen LogP contribution in [-0.4, -0.2) is 51.4 Å². The van der Waals surface area contributed by atoms with Crippen LogP contribution >= 0.6 is 35.0 Å². The molecule has 2 aromatic rings. The van der Waals surface area contributed by atoms with Crippen molar-refractivity contribution in [2.45, 2.75) is 38.4 Å². The number of ether oxygens (including phenoxy) is 1. The van der Waals surface area contributed by atoms with Gasteiger partial charge in [-0.3, -0.25) is 14.5 Å². The molecule has 0 bridgehead atoms. The monoisotopic (exact) mass is 537 g/mol. The number of nitrogens with one attached hydrogen (secondary N) is 1. The van der Waals surface area contributed by atoms with Gasteiger partial charge >= 0.3 is 5.97 Å². The predicted octanol–water partition coefficient (Wildman–Crippen LogP) is 5.64. The molecule has 0 unspecified atom stereocenters. The van der Waals surface area contributed by atoms with Gasteiger partial charge in [0.15, 0.2) is 10.9 Å². The number of aromatic hydroxyl groups is 1. The zero-order valence-electron chi connectivity index (χ0n) is 19.2. The van der Waals surface area contributed by atoms with E-state index in [4.69, 9.17) is 27.9 Å². The first kappa shape index (κ1) is 26.8. The Morgan fingerprint density at radius 1 is 1.17 bits per heavy atom. The maximum Gasteiger partial charge on any atom is 0.338 e. The Bertz CT molecular complexity index is 1120. The van der Waals surface area contributed by atoms with E-state index in [1.165, 1.54) is 23.9 Å². The highest BCUT2D eigenvalue weighted by molar-refractivity contribution is 8.15. The average molecular weight is 538 g/mol. The van der Waals surface area contributed by atoms with Crippen LogP contribution < -0.4 is 5.32 Å². The average Bonchev–Trinajstić information content (AvgIpc) is 3.10. The van der Waals surface area contributed by atoms with Crippen molar-refractivity contribution in [1.82, 2.24) is 4.90 Å². The van der Waals surface area contributed by atoms with Gasteiger partial charge in [0.25, 0.3) is 0 Å². The highest BCUT2D eigenvalue weighted by Gasteiger charge is 2.38. The van der Waals surface area contributed by atoms with Crippen molar-refractivity contribution in [2.75, 3.05) is 18.5 Å². The van der Waals surface area contributed by atoms with Crippen molar-refractivity contribution in [2.24, 2.45) is 4.99 Å². The zero-order valence-corrected chi connectivity index (χ0v) is 21.5. The lowest BCUT2D eigenvalue weighted by molar-refractivity contribution is -0.128. The molecule has 35 heavy (non-hydrogen) atoms. The summed E-state index contributed by atoms with van der Waals surface area (Å²) in [6, 6.07) is 9.25. The first-order valence-corrected chi connectivity index (χ1v) is 12.7. The van der Waals surface area contributed by atoms with E-state index in [0.717, 1.165) is 12.8 Å². The quantitative estimate of drug-likeness (QED) is 0.401. The second-order valence-electron chi connectivity index (χ2n) is 7.65. The summed E-state index contributed by atoms with van der Waals surface area (Å²) >= 11 is 13.2. The third-order valence-corrected chi connectivity index (χ3v) is 6.78. The van der Waals surface area contributed by atoms with E-state index in [-0.39, 0.29) is 40.6 Å². The number of rotatable bonds is 9. The molecule has 0 aliphatic carbocycles. The molecule has 3 rings (SSSR count). The molecule has 186 valence electrons. The number of phenols is 1. The summed E-state index contributed by atoms with van der Waals surface area (Å²) in [6.45, 7) is 4.48. The minimum absolute atomic E-state index is 0.0520. The van der Waals surface area contributed by atoms with Gasteiger partial charge in [-0.25, -0.2) is 9.79 Å². The first-order valence-electron chi connectivity index (χ1n) is 11.0. The maximum atomic E-state index is 13.1. The number of benzene rings is 2. The Kier molecular flexibility index (Phi) is 9.42. The van der Waals surface area contributed by atoms with Crippen LogP contribution in [0.4, 0.5) is 11.4 Å². The van der Waals surface area contributed by atoms with E-state index < -0.39 is 11.2 Å². The molecule has 8 nitrogen and oxygen atoms in total. The number of thioether (sulfide) groups is 1. The molecule has 1 aliphatic heterocycles. The van der Waals surface area contributed by atoms with Crippen LogP contribution in [0.5, 0.6) is 5.75 Å². The SMILES string of the molecule is CCCCN1C(=O)[C@H](CC(=O)Nc2ccc(C(=O)OCC)cc2)SC1=Nc1cc(Cl)c(O)c(Cl)c1. The Hall–Kier alpha value is -2.75. The van der Waals surface area contributed by atoms with Gasteiger partial charge in [-0.15, -0.1) is 0 Å². The largest absolute Gasteiger partial charge is 0.505 e. The van der Waals surface area contributed by atoms with Crippen LogP contribution in [0.3, 0.4) is 0 Å². The third kappa shape index (κ3) is 6.90. The van der Waals surface area contributed by atoms with Gasteiger partial charge in [-0.1, -0.05) is 48.3 Å². The molecule has 11 heteroatoms. The van der Waals surface area contributed by atoms with Gasteiger partial charge < -0.3 is 15.2 Å². The summed E-state index contributed by atoms with van der Waals surface area (Å²) < 4.78 is 4.95. The van der Waals surface area contributed by atoms with Crippen LogP contribution in [0.15, 0.2) is 41.4 Å². The number of phenolic OH excluding ortho intramolecular Hbond substituents is 1. The highest BCUT2D eigenvalue weighted by Crippen LogP contribution is 2.38. The first-order chi connectivity index (χ1) is 16.7. The Morgan fingerprint density at radius 2 is 1.83 bits per heavy atom. The number of amidine groups is 1. The summed E-state index contributed by atoms with van der Waals surface area (Å²) in [5.74, 6) is -1.22. The second kappa shape index (κ2) is 12.3. The lowest BCUT2D eigenvalue weighted by Crippen LogP contribution is -2.34. The number of hydrogen-bond donors (Lipinski definition) is 2. The van der Waals surface area contributed by atoms with Gasteiger partial charge in [-0.05, 0) is 49.7 Å². The van der Waals surface area contributed by atoms with Gasteiger partial charge in [0, 0.05) is 18.7 Å². The smallest absolute Gasteiger partial charge is 0.338 e. The van der Waals surface area contributed by atoms with Crippen molar-refractivity contribution < 1.29 is 24.2 Å². The van der Waals surface area contributed by atoms with Crippen molar-refractivity contribution in [3.8, 4) is 5.75 Å². The number of esters is 1. The van der Waals surface area contributed by atoms with Crippen molar-refractivity contribution in [1.29, 1.82) is 0 Å². The number of halogens is 2. The number of anilines is 1. The molecule has 1 fully saturated rings. The van der Waals surface area contributed by atoms with Crippen molar-refractivity contribution in [3.63, 3.8) is 0 Å². The van der Waals surface area contributed by atoms with Crippen LogP contribution in [-0.2, 0) is 14.3 Å². The number of nitrogens with zero attached hydrogens (tertiary/aromatic N) is 2. The molecule has 1 atom stereocenters. The Morgan fingerprint density at radius 3 is 2.43 bits per heavy atom. The Labute approximate surface area is 217 Å². The van der Waals surface area contributed by atoms with Crippen molar-refractivity contribution >= 4 is 69.3 Å². The van der Waals surface area contributed by atoms with E-state index in [0.29, 0.717) is 28.7 Å². The highest BCUT2D eigenvalue weighted by atomic mass is 35.5. The summed E-state index contributed by atoms with van der Waals surface area (Å²) in [5, 5.41) is 12.4. The molecular weight excluding hydrogens is 513 g/mol. The summed E-state index contributed by atoms with van der Waals surface area (Å²) in [5.41, 5.74) is 1.28. The third-order valence-electron chi connectivity index (χ3n) is 5.03. The molecule has 2 aromatic carbocycles. The summed E-state index contributed by atoms with van der Waals surface area (Å²) in [4.78, 5) is 43.6. The van der Waals surface area contributed by atoms with Crippen LogP contribution in [0.25, 0.3) is 0 Å². The molecular formula is C24H25Cl2N3O5S. The number of hydrogen-bond acceptors (Lipinski definition) is 7. The topological polar surface area (TPSA) is 108 Å². The van der Waals surface area contributed by atoms with E-state index in [2.05, 4.69) is 10.3 Å². The van der Waals surface area contributed by atoms with Crippen LogP contribution in [0.1, 0.15) is 43.5 Å². The van der Waals surface area contributed by atoms with Gasteiger partial charge in [0.05, 0.1) is 27.9 Å². The van der Waals surface area contributed by atoms with Crippen LogP contribution in [0.2, 0.25) is 10.0 Å². The maximum absolute atomic E-state index is 13.1. The number of amides is 2. The normalized spacial score (nSPS) is 16.6. The predicted molar refractivity (Wildman–Crippen MR) is 139 cm³/mol. The van der Waals surface area contributed by atoms with E-state index in [1.807, 2.05) is 6.92 Å². The minimum Gasteiger partial charge on any atom is -0.505 e.